The highest BCUT2D eigenvalue weighted by molar-refractivity contribution is 5.72. The summed E-state index contributed by atoms with van der Waals surface area (Å²) >= 11 is 0. The molecule has 0 unspecified atom stereocenters. The normalized spacial score (nSPS) is 11.1. The van der Waals surface area contributed by atoms with Crippen molar-refractivity contribution in [3.05, 3.63) is 52.5 Å². The molecule has 0 amide bonds. The van der Waals surface area contributed by atoms with Crippen molar-refractivity contribution in [3.63, 3.8) is 0 Å². The lowest BCUT2D eigenvalue weighted by atomic mass is 10.2. The number of hydrogen-bond donors (Lipinski definition) is 1. The maximum Gasteiger partial charge on any atom is 0.264 e. The Morgan fingerprint density at radius 1 is 1.35 bits per heavy atom. The molecule has 0 radical (unpaired) electrons. The molecule has 20 heavy (non-hydrogen) atoms. The molecular weight excluding hydrogens is 261 g/mol. The SMILES string of the molecule is Cn1ncc2c(=O)n(Cc3cc(N)cc(F)c3)cnc21. The van der Waals surface area contributed by atoms with Crippen LogP contribution in [0.5, 0.6) is 0 Å². The van der Waals surface area contributed by atoms with Gasteiger partial charge in [-0.3, -0.25) is 14.0 Å². The Morgan fingerprint density at radius 2 is 2.15 bits per heavy atom. The second-order valence-corrected chi connectivity index (χ2v) is 4.58. The highest BCUT2D eigenvalue weighted by atomic mass is 19.1. The molecule has 2 N–H and O–H groups in total. The van der Waals surface area contributed by atoms with Gasteiger partial charge in [0.15, 0.2) is 5.65 Å². The van der Waals surface area contributed by atoms with Gasteiger partial charge >= 0.3 is 0 Å². The van der Waals surface area contributed by atoms with Gasteiger partial charge in [-0.05, 0) is 23.8 Å². The third kappa shape index (κ3) is 2.03. The fourth-order valence-electron chi connectivity index (χ4n) is 2.14. The van der Waals surface area contributed by atoms with Crippen molar-refractivity contribution in [2.24, 2.45) is 7.05 Å². The van der Waals surface area contributed by atoms with Gasteiger partial charge in [-0.25, -0.2) is 9.37 Å². The van der Waals surface area contributed by atoms with Gasteiger partial charge in [-0.15, -0.1) is 0 Å². The van der Waals surface area contributed by atoms with Crippen LogP contribution in [0.2, 0.25) is 0 Å². The molecule has 1 aromatic carbocycles. The summed E-state index contributed by atoms with van der Waals surface area (Å²) in [7, 11) is 1.71. The maximum absolute atomic E-state index is 13.3. The molecule has 0 spiro atoms. The Morgan fingerprint density at radius 3 is 2.90 bits per heavy atom. The molecule has 0 saturated heterocycles. The molecule has 3 aromatic rings. The number of anilines is 1. The molecule has 0 aliphatic heterocycles. The van der Waals surface area contributed by atoms with Gasteiger partial charge in [0.25, 0.3) is 5.56 Å². The molecule has 6 nitrogen and oxygen atoms in total. The van der Waals surface area contributed by atoms with E-state index in [-0.39, 0.29) is 12.1 Å². The Kier molecular flexibility index (Phi) is 2.74. The lowest BCUT2D eigenvalue weighted by molar-refractivity contribution is 0.623. The largest absolute Gasteiger partial charge is 0.399 e. The van der Waals surface area contributed by atoms with Gasteiger partial charge in [0.2, 0.25) is 0 Å². The van der Waals surface area contributed by atoms with Gasteiger partial charge in [0.1, 0.15) is 17.5 Å². The maximum atomic E-state index is 13.3. The Bertz CT molecular complexity index is 831. The summed E-state index contributed by atoms with van der Waals surface area (Å²) in [5.41, 5.74) is 6.82. The summed E-state index contributed by atoms with van der Waals surface area (Å²) in [6.07, 6.45) is 2.90. The average molecular weight is 273 g/mol. The van der Waals surface area contributed by atoms with Crippen molar-refractivity contribution in [1.82, 2.24) is 19.3 Å². The van der Waals surface area contributed by atoms with E-state index >= 15 is 0 Å². The monoisotopic (exact) mass is 273 g/mol. The number of hydrogen-bond acceptors (Lipinski definition) is 4. The molecule has 0 aliphatic carbocycles. The number of nitrogens with two attached hydrogens (primary N) is 1. The number of halogens is 1. The van der Waals surface area contributed by atoms with Crippen LogP contribution in [0.25, 0.3) is 11.0 Å². The molecule has 0 bridgehead atoms. The third-order valence-electron chi connectivity index (χ3n) is 3.05. The fraction of sp³-hybridized carbons (Fsp3) is 0.154. The first-order valence-corrected chi connectivity index (χ1v) is 5.96. The average Bonchev–Trinajstić information content (AvgIpc) is 2.74. The lowest BCUT2D eigenvalue weighted by Crippen LogP contribution is -2.21. The van der Waals surface area contributed by atoms with Crippen molar-refractivity contribution in [2.45, 2.75) is 6.54 Å². The molecule has 0 aliphatic rings. The van der Waals surface area contributed by atoms with Crippen LogP contribution in [0.1, 0.15) is 5.56 Å². The predicted molar refractivity (Wildman–Crippen MR) is 72.7 cm³/mol. The summed E-state index contributed by atoms with van der Waals surface area (Å²) in [5, 5.41) is 4.42. The highest BCUT2D eigenvalue weighted by Gasteiger charge is 2.09. The minimum Gasteiger partial charge on any atom is -0.399 e. The van der Waals surface area contributed by atoms with Crippen LogP contribution in [0, 0.1) is 5.82 Å². The topological polar surface area (TPSA) is 78.7 Å². The van der Waals surface area contributed by atoms with E-state index < -0.39 is 5.82 Å². The molecule has 0 saturated carbocycles. The zero-order valence-electron chi connectivity index (χ0n) is 10.7. The summed E-state index contributed by atoms with van der Waals surface area (Å²) in [4.78, 5) is 16.4. The van der Waals surface area contributed by atoms with Gasteiger partial charge in [0.05, 0.1) is 12.7 Å². The van der Waals surface area contributed by atoms with Crippen molar-refractivity contribution in [3.8, 4) is 0 Å². The summed E-state index contributed by atoms with van der Waals surface area (Å²) in [6, 6.07) is 4.20. The van der Waals surface area contributed by atoms with Crippen LogP contribution < -0.4 is 11.3 Å². The van der Waals surface area contributed by atoms with Crippen molar-refractivity contribution in [2.75, 3.05) is 5.73 Å². The van der Waals surface area contributed by atoms with Crippen molar-refractivity contribution < 1.29 is 4.39 Å². The number of aromatic nitrogens is 4. The van der Waals surface area contributed by atoms with Crippen LogP contribution >= 0.6 is 0 Å². The van der Waals surface area contributed by atoms with Gasteiger partial charge in [-0.1, -0.05) is 0 Å². The van der Waals surface area contributed by atoms with Crippen molar-refractivity contribution in [1.29, 1.82) is 0 Å². The van der Waals surface area contributed by atoms with Crippen LogP contribution in [0.4, 0.5) is 10.1 Å². The van der Waals surface area contributed by atoms with Crippen molar-refractivity contribution >= 4 is 16.7 Å². The van der Waals surface area contributed by atoms with Crippen LogP contribution in [0.3, 0.4) is 0 Å². The quantitative estimate of drug-likeness (QED) is 0.704. The zero-order valence-corrected chi connectivity index (χ0v) is 10.7. The predicted octanol–water partition coefficient (Wildman–Crippen LogP) is 0.900. The number of nitrogen functional groups attached to an aromatic ring is 1. The lowest BCUT2D eigenvalue weighted by Gasteiger charge is -2.06. The fourth-order valence-corrected chi connectivity index (χ4v) is 2.14. The minimum atomic E-state index is -0.427. The summed E-state index contributed by atoms with van der Waals surface area (Å²) < 4.78 is 16.2. The number of benzene rings is 1. The van der Waals surface area contributed by atoms with Crippen LogP contribution in [0.15, 0.2) is 35.5 Å². The van der Waals surface area contributed by atoms with E-state index in [4.69, 9.17) is 5.73 Å². The van der Waals surface area contributed by atoms with E-state index in [0.717, 1.165) is 0 Å². The second-order valence-electron chi connectivity index (χ2n) is 4.58. The van der Waals surface area contributed by atoms with Gasteiger partial charge in [0, 0.05) is 12.7 Å². The highest BCUT2D eigenvalue weighted by Crippen LogP contribution is 2.12. The van der Waals surface area contributed by atoms with E-state index in [1.807, 2.05) is 0 Å². The Labute approximate surface area is 113 Å². The molecule has 2 aromatic heterocycles. The van der Waals surface area contributed by atoms with E-state index in [2.05, 4.69) is 10.1 Å². The molecule has 0 fully saturated rings. The first-order chi connectivity index (χ1) is 9.54. The minimum absolute atomic E-state index is 0.207. The van der Waals surface area contributed by atoms with E-state index in [1.165, 1.54) is 33.9 Å². The number of rotatable bonds is 2. The number of aryl methyl sites for hydroxylation is 1. The summed E-state index contributed by atoms with van der Waals surface area (Å²) in [5.74, 6) is -0.427. The zero-order chi connectivity index (χ0) is 14.3. The molecule has 7 heteroatoms. The number of nitrogens with zero attached hydrogens (tertiary/aromatic N) is 4. The van der Waals surface area contributed by atoms with E-state index in [1.54, 1.807) is 13.1 Å². The van der Waals surface area contributed by atoms with E-state index in [9.17, 15) is 9.18 Å². The second kappa shape index (κ2) is 4.44. The van der Waals surface area contributed by atoms with Crippen LogP contribution in [-0.2, 0) is 13.6 Å². The molecular formula is C13H12FN5O. The molecule has 102 valence electrons. The van der Waals surface area contributed by atoms with Gasteiger partial charge < -0.3 is 5.73 Å². The molecule has 2 heterocycles. The molecule has 0 atom stereocenters. The van der Waals surface area contributed by atoms with Crippen LogP contribution in [-0.4, -0.2) is 19.3 Å². The smallest absolute Gasteiger partial charge is 0.264 e. The number of fused-ring (bicyclic) bond motifs is 1. The third-order valence-corrected chi connectivity index (χ3v) is 3.05. The summed E-state index contributed by atoms with van der Waals surface area (Å²) in [6.45, 7) is 0.207. The Balaban J connectivity index is 2.06. The van der Waals surface area contributed by atoms with Gasteiger partial charge in [-0.2, -0.15) is 5.10 Å². The first-order valence-electron chi connectivity index (χ1n) is 5.96. The Hall–Kier alpha value is -2.70. The van der Waals surface area contributed by atoms with E-state index in [0.29, 0.717) is 22.3 Å². The molecule has 3 rings (SSSR count). The first kappa shape index (κ1) is 12.3. The standard InChI is InChI=1S/C13H12FN5O/c1-18-12-11(5-17-18)13(20)19(7-16-12)6-8-2-9(14)4-10(15)3-8/h2-5,7H,6,15H2,1H3.